The molecule has 5 nitrogen and oxygen atoms in total. The minimum atomic E-state index is -2.84. The van der Waals surface area contributed by atoms with E-state index in [4.69, 9.17) is 18.6 Å². The summed E-state index contributed by atoms with van der Waals surface area (Å²) in [5, 5.41) is 2.20. The van der Waals surface area contributed by atoms with Gasteiger partial charge in [-0.05, 0) is 45.9 Å². The van der Waals surface area contributed by atoms with Crippen molar-refractivity contribution in [3.63, 3.8) is 0 Å². The van der Waals surface area contributed by atoms with Crippen LogP contribution in [0.3, 0.4) is 0 Å². The lowest BCUT2D eigenvalue weighted by atomic mass is 9.68. The van der Waals surface area contributed by atoms with Gasteiger partial charge in [-0.25, -0.2) is 4.79 Å². The third-order valence-electron chi connectivity index (χ3n) is 8.24. The molecule has 0 saturated heterocycles. The van der Waals surface area contributed by atoms with E-state index in [2.05, 4.69) is 88.4 Å². The number of hydrogen-bond acceptors (Lipinski definition) is 5. The monoisotopic (exact) mass is 558 g/mol. The van der Waals surface area contributed by atoms with Crippen LogP contribution >= 0.6 is 0 Å². The second kappa shape index (κ2) is 12.1. The van der Waals surface area contributed by atoms with Gasteiger partial charge in [0.05, 0.1) is 20.8 Å². The maximum absolute atomic E-state index is 13.6. The Morgan fingerprint density at radius 1 is 0.875 bits per heavy atom. The van der Waals surface area contributed by atoms with E-state index in [1.165, 1.54) is 17.5 Å². The van der Waals surface area contributed by atoms with Crippen molar-refractivity contribution in [1.29, 1.82) is 0 Å². The zero-order valence-electron chi connectivity index (χ0n) is 24.6. The van der Waals surface area contributed by atoms with Crippen LogP contribution in [0.1, 0.15) is 46.1 Å². The molecule has 0 N–H and O–H groups in total. The van der Waals surface area contributed by atoms with Crippen LogP contribution < -0.4 is 15.1 Å². The van der Waals surface area contributed by atoms with Crippen LogP contribution in [0.5, 0.6) is 5.75 Å². The van der Waals surface area contributed by atoms with Crippen molar-refractivity contribution in [1.82, 2.24) is 0 Å². The van der Waals surface area contributed by atoms with E-state index in [0.29, 0.717) is 19.4 Å². The lowest BCUT2D eigenvalue weighted by Gasteiger charge is -2.50. The molecule has 0 aromatic heterocycles. The van der Waals surface area contributed by atoms with Gasteiger partial charge >= 0.3 is 5.97 Å². The Morgan fingerprint density at radius 3 is 1.95 bits per heavy atom. The van der Waals surface area contributed by atoms with Crippen molar-refractivity contribution in [3.05, 3.63) is 103 Å². The van der Waals surface area contributed by atoms with Crippen LogP contribution in [-0.2, 0) is 25.3 Å². The quantitative estimate of drug-likeness (QED) is 0.172. The first kappa shape index (κ1) is 29.8. The third kappa shape index (κ3) is 5.53. The van der Waals surface area contributed by atoms with E-state index in [-0.39, 0.29) is 17.6 Å². The SMILES string of the molecule is COC(=O)[C@]1(OCc2ccc(OC)cc2)CCC=C[C@@]1(C)CO[Si](c1ccccc1)(c1ccccc1)C(C)(C)C. The molecule has 0 heterocycles. The molecule has 0 bridgehead atoms. The van der Waals surface area contributed by atoms with Crippen LogP contribution in [0.25, 0.3) is 0 Å². The summed E-state index contributed by atoms with van der Waals surface area (Å²) < 4.78 is 24.7. The Labute approximate surface area is 240 Å². The lowest BCUT2D eigenvalue weighted by molar-refractivity contribution is -0.194. The molecule has 3 aromatic carbocycles. The summed E-state index contributed by atoms with van der Waals surface area (Å²) in [5.74, 6) is 0.398. The molecule has 0 spiro atoms. The van der Waals surface area contributed by atoms with Gasteiger partial charge in [0.2, 0.25) is 0 Å². The van der Waals surface area contributed by atoms with Crippen LogP contribution in [-0.4, -0.2) is 40.7 Å². The van der Waals surface area contributed by atoms with Gasteiger partial charge < -0.3 is 18.6 Å². The average molecular weight is 559 g/mol. The molecule has 0 aliphatic heterocycles. The Balaban J connectivity index is 1.76. The molecular weight excluding hydrogens is 516 g/mol. The van der Waals surface area contributed by atoms with Gasteiger partial charge in [0, 0.05) is 12.0 Å². The van der Waals surface area contributed by atoms with Crippen molar-refractivity contribution in [3.8, 4) is 5.75 Å². The molecule has 0 amide bonds. The van der Waals surface area contributed by atoms with Crippen LogP contribution in [0.2, 0.25) is 5.04 Å². The van der Waals surface area contributed by atoms with Crippen molar-refractivity contribution in [2.24, 2.45) is 5.41 Å². The predicted octanol–water partition coefficient (Wildman–Crippen LogP) is 6.06. The highest BCUT2D eigenvalue weighted by atomic mass is 28.4. The molecule has 0 saturated carbocycles. The first-order valence-electron chi connectivity index (χ1n) is 13.9. The van der Waals surface area contributed by atoms with Crippen LogP contribution in [0, 0.1) is 5.41 Å². The highest BCUT2D eigenvalue weighted by Gasteiger charge is 2.58. The zero-order chi connectivity index (χ0) is 28.9. The van der Waals surface area contributed by atoms with Crippen LogP contribution in [0.4, 0.5) is 0 Å². The molecule has 40 heavy (non-hydrogen) atoms. The fourth-order valence-corrected chi connectivity index (χ4v) is 10.6. The largest absolute Gasteiger partial charge is 0.497 e. The smallest absolute Gasteiger partial charge is 0.339 e. The minimum absolute atomic E-state index is 0.192. The number of allylic oxidation sites excluding steroid dienone is 1. The first-order valence-corrected chi connectivity index (χ1v) is 15.8. The summed E-state index contributed by atoms with van der Waals surface area (Å²) in [6.07, 6.45) is 5.45. The summed E-state index contributed by atoms with van der Waals surface area (Å²) in [6.45, 7) is 9.39. The van der Waals surface area contributed by atoms with Crippen molar-refractivity contribution >= 4 is 24.7 Å². The van der Waals surface area contributed by atoms with E-state index < -0.39 is 19.3 Å². The molecule has 0 fully saturated rings. The van der Waals surface area contributed by atoms with Gasteiger partial charge in [-0.2, -0.15) is 0 Å². The number of carbonyl (C=O) groups is 1. The number of carbonyl (C=O) groups excluding carboxylic acids is 1. The third-order valence-corrected chi connectivity index (χ3v) is 13.2. The number of ether oxygens (including phenoxy) is 3. The summed E-state index contributed by atoms with van der Waals surface area (Å²) in [4.78, 5) is 13.6. The van der Waals surface area contributed by atoms with Gasteiger partial charge in [-0.1, -0.05) is 113 Å². The number of hydrogen-bond donors (Lipinski definition) is 0. The average Bonchev–Trinajstić information content (AvgIpc) is 2.97. The summed E-state index contributed by atoms with van der Waals surface area (Å²) in [5.41, 5.74) is -1.02. The molecule has 3 aromatic rings. The van der Waals surface area contributed by atoms with Crippen molar-refractivity contribution in [2.45, 2.75) is 57.8 Å². The molecule has 1 aliphatic carbocycles. The first-order chi connectivity index (χ1) is 19.1. The molecule has 0 radical (unpaired) electrons. The minimum Gasteiger partial charge on any atom is -0.497 e. The van der Waals surface area contributed by atoms with E-state index >= 15 is 0 Å². The lowest BCUT2D eigenvalue weighted by Crippen LogP contribution is -2.68. The maximum Gasteiger partial charge on any atom is 0.339 e. The second-order valence-electron chi connectivity index (χ2n) is 11.8. The Kier molecular flexibility index (Phi) is 9.03. The standard InChI is InChI=1S/C34H42O5Si/c1-32(2,3)40(29-15-9-7-10-16-29,30-17-11-8-12-18-30)39-26-33(4)23-13-14-24-34(33,31(35)37-6)38-25-27-19-21-28(36-5)22-20-27/h7-13,15-23H,14,24-26H2,1-6H3/t33-,34+/m0/s1. The number of benzene rings is 3. The Bertz CT molecular complexity index is 1240. The van der Waals surface area contributed by atoms with Gasteiger partial charge in [0.25, 0.3) is 8.32 Å². The molecule has 1 aliphatic rings. The molecule has 212 valence electrons. The fourth-order valence-electron chi connectivity index (χ4n) is 5.96. The van der Waals surface area contributed by atoms with E-state index in [1.54, 1.807) is 7.11 Å². The van der Waals surface area contributed by atoms with Gasteiger partial charge in [-0.3, -0.25) is 0 Å². The normalized spacial score (nSPS) is 21.1. The van der Waals surface area contributed by atoms with Gasteiger partial charge in [-0.15, -0.1) is 0 Å². The van der Waals surface area contributed by atoms with Gasteiger partial charge in [0.1, 0.15) is 5.75 Å². The van der Waals surface area contributed by atoms with Crippen LogP contribution in [0.15, 0.2) is 97.1 Å². The van der Waals surface area contributed by atoms with E-state index in [0.717, 1.165) is 11.3 Å². The summed E-state index contributed by atoms with van der Waals surface area (Å²) >= 11 is 0. The highest BCUT2D eigenvalue weighted by molar-refractivity contribution is 6.99. The number of rotatable bonds is 10. The summed E-state index contributed by atoms with van der Waals surface area (Å²) in [6, 6.07) is 28.8. The molecule has 4 rings (SSSR count). The maximum atomic E-state index is 13.6. The van der Waals surface area contributed by atoms with Crippen molar-refractivity contribution in [2.75, 3.05) is 20.8 Å². The van der Waals surface area contributed by atoms with Crippen molar-refractivity contribution < 1.29 is 23.4 Å². The Morgan fingerprint density at radius 2 is 1.45 bits per heavy atom. The Hall–Kier alpha value is -3.19. The molecule has 2 atom stereocenters. The fraction of sp³-hybridized carbons (Fsp3) is 0.382. The molecule has 0 unspecified atom stereocenters. The number of methoxy groups -OCH3 is 2. The highest BCUT2D eigenvalue weighted by Crippen LogP contribution is 2.47. The predicted molar refractivity (Wildman–Crippen MR) is 163 cm³/mol. The van der Waals surface area contributed by atoms with E-state index in [1.807, 2.05) is 36.4 Å². The van der Waals surface area contributed by atoms with Gasteiger partial charge in [0.15, 0.2) is 5.60 Å². The molecule has 6 heteroatoms. The topological polar surface area (TPSA) is 54.0 Å². The van der Waals surface area contributed by atoms with E-state index in [9.17, 15) is 4.79 Å². The zero-order valence-corrected chi connectivity index (χ0v) is 25.6. The number of esters is 1. The summed E-state index contributed by atoms with van der Waals surface area (Å²) in [7, 11) is 0.235. The molecular formula is C34H42O5Si. The second-order valence-corrected chi connectivity index (χ2v) is 16.1.